The maximum Gasteiger partial charge on any atom is 0.0406 e. The molecule has 0 radical (unpaired) electrons. The molecule has 1 fully saturated rings. The van der Waals surface area contributed by atoms with Gasteiger partial charge >= 0.3 is 0 Å². The van der Waals surface area contributed by atoms with Crippen molar-refractivity contribution in [1.82, 2.24) is 10.2 Å². The fraction of sp³-hybridized carbons (Fsp3) is 0.571. The monoisotopic (exact) mass is 252 g/mol. The fourth-order valence-electron chi connectivity index (χ4n) is 2.34. The molecule has 3 heteroatoms. The van der Waals surface area contributed by atoms with E-state index in [0.717, 1.165) is 24.7 Å². The molecule has 17 heavy (non-hydrogen) atoms. The highest BCUT2D eigenvalue weighted by Gasteiger charge is 2.15. The van der Waals surface area contributed by atoms with Gasteiger partial charge in [0.2, 0.25) is 0 Å². The van der Waals surface area contributed by atoms with E-state index in [1.165, 1.54) is 24.9 Å². The van der Waals surface area contributed by atoms with Gasteiger partial charge in [0.1, 0.15) is 0 Å². The lowest BCUT2D eigenvalue weighted by Gasteiger charge is -2.23. The zero-order chi connectivity index (χ0) is 12.1. The van der Waals surface area contributed by atoms with Crippen LogP contribution < -0.4 is 5.32 Å². The Morgan fingerprint density at radius 3 is 2.82 bits per heavy atom. The van der Waals surface area contributed by atoms with Gasteiger partial charge in [-0.15, -0.1) is 0 Å². The van der Waals surface area contributed by atoms with Crippen LogP contribution in [0.5, 0.6) is 0 Å². The summed E-state index contributed by atoms with van der Waals surface area (Å²) in [7, 11) is 0. The minimum atomic E-state index is 0.643. The third-order valence-electron chi connectivity index (χ3n) is 3.37. The Balaban J connectivity index is 1.94. The molecule has 1 aliphatic rings. The molecule has 1 aromatic rings. The molecule has 1 saturated heterocycles. The molecule has 94 valence electrons. The Morgan fingerprint density at radius 1 is 1.35 bits per heavy atom. The summed E-state index contributed by atoms with van der Waals surface area (Å²) in [5.74, 6) is 0. The van der Waals surface area contributed by atoms with Crippen LogP contribution in [0.15, 0.2) is 24.3 Å². The number of benzene rings is 1. The second-order valence-corrected chi connectivity index (χ2v) is 5.21. The van der Waals surface area contributed by atoms with E-state index in [4.69, 9.17) is 11.6 Å². The predicted octanol–water partition coefficient (Wildman–Crippen LogP) is 2.91. The predicted molar refractivity (Wildman–Crippen MR) is 73.4 cm³/mol. The molecular formula is C14H21ClN2. The molecule has 1 N–H and O–H groups in total. The summed E-state index contributed by atoms with van der Waals surface area (Å²) >= 11 is 5.90. The van der Waals surface area contributed by atoms with E-state index < -0.39 is 0 Å². The molecular weight excluding hydrogens is 232 g/mol. The summed E-state index contributed by atoms with van der Waals surface area (Å²) in [4.78, 5) is 2.54. The third kappa shape index (κ3) is 3.98. The molecule has 0 bridgehead atoms. The highest BCUT2D eigenvalue weighted by molar-refractivity contribution is 6.30. The minimum Gasteiger partial charge on any atom is -0.313 e. The number of hydrogen-bond acceptors (Lipinski definition) is 2. The molecule has 1 heterocycles. The van der Waals surface area contributed by atoms with Gasteiger partial charge in [-0.1, -0.05) is 30.7 Å². The Labute approximate surface area is 109 Å². The topological polar surface area (TPSA) is 15.3 Å². The van der Waals surface area contributed by atoms with Gasteiger partial charge in [-0.25, -0.2) is 0 Å². The van der Waals surface area contributed by atoms with Crippen molar-refractivity contribution in [1.29, 1.82) is 0 Å². The third-order valence-corrected chi connectivity index (χ3v) is 3.63. The summed E-state index contributed by atoms with van der Waals surface area (Å²) in [6, 6.07) is 8.85. The molecule has 2 rings (SSSR count). The van der Waals surface area contributed by atoms with Crippen LogP contribution in [0.1, 0.15) is 25.3 Å². The summed E-state index contributed by atoms with van der Waals surface area (Å²) in [6.45, 7) is 6.78. The number of nitrogens with zero attached hydrogens (tertiary/aromatic N) is 1. The van der Waals surface area contributed by atoms with Gasteiger partial charge in [-0.3, -0.25) is 4.90 Å². The van der Waals surface area contributed by atoms with Crippen molar-refractivity contribution in [3.05, 3.63) is 34.9 Å². The van der Waals surface area contributed by atoms with Gasteiger partial charge in [0.05, 0.1) is 0 Å². The van der Waals surface area contributed by atoms with E-state index in [0.29, 0.717) is 6.04 Å². The summed E-state index contributed by atoms with van der Waals surface area (Å²) in [6.07, 6.45) is 2.45. The van der Waals surface area contributed by atoms with Crippen LogP contribution in [-0.2, 0) is 6.54 Å². The molecule has 1 atom stereocenters. The molecule has 0 saturated carbocycles. The highest BCUT2D eigenvalue weighted by Crippen LogP contribution is 2.13. The first-order chi connectivity index (χ1) is 8.28. The number of halogens is 1. The van der Waals surface area contributed by atoms with Crippen molar-refractivity contribution < 1.29 is 0 Å². The van der Waals surface area contributed by atoms with Crippen molar-refractivity contribution in [3.8, 4) is 0 Å². The van der Waals surface area contributed by atoms with Crippen molar-refractivity contribution in [2.45, 2.75) is 32.4 Å². The van der Waals surface area contributed by atoms with Crippen LogP contribution in [0, 0.1) is 0 Å². The van der Waals surface area contributed by atoms with Gasteiger partial charge < -0.3 is 5.32 Å². The number of nitrogens with one attached hydrogen (secondary N) is 1. The van der Waals surface area contributed by atoms with Crippen LogP contribution in [0.25, 0.3) is 0 Å². The molecule has 0 spiro atoms. The van der Waals surface area contributed by atoms with Crippen molar-refractivity contribution >= 4 is 11.6 Å². The molecule has 2 nitrogen and oxygen atoms in total. The Hall–Kier alpha value is -0.570. The van der Waals surface area contributed by atoms with Gasteiger partial charge in [0, 0.05) is 24.2 Å². The number of hydrogen-bond donors (Lipinski definition) is 1. The molecule has 1 aromatic carbocycles. The molecule has 0 amide bonds. The van der Waals surface area contributed by atoms with Crippen LogP contribution in [0.2, 0.25) is 5.02 Å². The summed E-state index contributed by atoms with van der Waals surface area (Å²) in [5, 5.41) is 4.41. The number of rotatable bonds is 3. The zero-order valence-electron chi connectivity index (χ0n) is 10.5. The van der Waals surface area contributed by atoms with E-state index in [1.807, 2.05) is 12.1 Å². The lowest BCUT2D eigenvalue weighted by Crippen LogP contribution is -2.36. The van der Waals surface area contributed by atoms with Gasteiger partial charge in [-0.05, 0) is 43.6 Å². The van der Waals surface area contributed by atoms with Crippen LogP contribution in [0.3, 0.4) is 0 Å². The van der Waals surface area contributed by atoms with Crippen LogP contribution >= 0.6 is 11.6 Å². The first-order valence-corrected chi connectivity index (χ1v) is 6.86. The SMILES string of the molecule is CCC1CN(Cc2ccc(Cl)cc2)CCCN1. The van der Waals surface area contributed by atoms with E-state index in [-0.39, 0.29) is 0 Å². The van der Waals surface area contributed by atoms with E-state index >= 15 is 0 Å². The molecule has 0 aromatic heterocycles. The zero-order valence-corrected chi connectivity index (χ0v) is 11.2. The van der Waals surface area contributed by atoms with E-state index in [2.05, 4.69) is 29.3 Å². The van der Waals surface area contributed by atoms with Crippen molar-refractivity contribution in [2.24, 2.45) is 0 Å². The van der Waals surface area contributed by atoms with Gasteiger partial charge in [-0.2, -0.15) is 0 Å². The second kappa shape index (κ2) is 6.39. The normalized spacial score (nSPS) is 22.4. The minimum absolute atomic E-state index is 0.643. The van der Waals surface area contributed by atoms with Crippen LogP contribution in [0.4, 0.5) is 0 Å². The maximum absolute atomic E-state index is 5.90. The lowest BCUT2D eigenvalue weighted by molar-refractivity contribution is 0.257. The van der Waals surface area contributed by atoms with Gasteiger partial charge in [0.25, 0.3) is 0 Å². The van der Waals surface area contributed by atoms with Crippen LogP contribution in [-0.4, -0.2) is 30.6 Å². The smallest absolute Gasteiger partial charge is 0.0406 e. The Morgan fingerprint density at radius 2 is 2.12 bits per heavy atom. The first kappa shape index (κ1) is 12.9. The average molecular weight is 253 g/mol. The van der Waals surface area contributed by atoms with Crippen molar-refractivity contribution in [2.75, 3.05) is 19.6 Å². The highest BCUT2D eigenvalue weighted by atomic mass is 35.5. The molecule has 1 unspecified atom stereocenters. The lowest BCUT2D eigenvalue weighted by atomic mass is 10.2. The Kier molecular flexibility index (Phi) is 4.84. The molecule has 1 aliphatic heterocycles. The second-order valence-electron chi connectivity index (χ2n) is 4.77. The largest absolute Gasteiger partial charge is 0.313 e. The van der Waals surface area contributed by atoms with Crippen molar-refractivity contribution in [3.63, 3.8) is 0 Å². The van der Waals surface area contributed by atoms with Gasteiger partial charge in [0.15, 0.2) is 0 Å². The molecule has 0 aliphatic carbocycles. The fourth-order valence-corrected chi connectivity index (χ4v) is 2.47. The van der Waals surface area contributed by atoms with E-state index in [1.54, 1.807) is 0 Å². The summed E-state index contributed by atoms with van der Waals surface area (Å²) in [5.41, 5.74) is 1.35. The standard InChI is InChI=1S/C14H21ClN2/c1-2-14-11-17(9-3-8-16-14)10-12-4-6-13(15)7-5-12/h4-7,14,16H,2-3,8-11H2,1H3. The first-order valence-electron chi connectivity index (χ1n) is 6.48. The summed E-state index contributed by atoms with van der Waals surface area (Å²) < 4.78 is 0. The maximum atomic E-state index is 5.90. The van der Waals surface area contributed by atoms with E-state index in [9.17, 15) is 0 Å². The average Bonchev–Trinajstić information content (AvgIpc) is 2.57. The Bertz CT molecular complexity index is 337. The quantitative estimate of drug-likeness (QED) is 0.890.